The summed E-state index contributed by atoms with van der Waals surface area (Å²) in [6.45, 7) is 2.93. The van der Waals surface area contributed by atoms with Crippen LogP contribution in [-0.4, -0.2) is 30.2 Å². The molecule has 0 saturated carbocycles. The van der Waals surface area contributed by atoms with Crippen LogP contribution in [0.5, 0.6) is 0 Å². The van der Waals surface area contributed by atoms with E-state index in [9.17, 15) is 4.39 Å². The fraction of sp³-hybridized carbons (Fsp3) is 0.211. The first-order chi connectivity index (χ1) is 12.7. The molecule has 132 valence electrons. The Morgan fingerprint density at radius 3 is 2.73 bits per heavy atom. The first-order valence-electron chi connectivity index (χ1n) is 8.56. The predicted octanol–water partition coefficient (Wildman–Crippen LogP) is 3.62. The number of halogens is 1. The molecule has 3 aromatic heterocycles. The molecule has 1 aromatic carbocycles. The van der Waals surface area contributed by atoms with Gasteiger partial charge in [0.25, 0.3) is 0 Å². The Balaban J connectivity index is 1.68. The quantitative estimate of drug-likeness (QED) is 0.577. The van der Waals surface area contributed by atoms with Crippen molar-refractivity contribution in [2.75, 3.05) is 5.32 Å². The molecule has 26 heavy (non-hydrogen) atoms. The zero-order chi connectivity index (χ0) is 17.9. The fourth-order valence-electron chi connectivity index (χ4n) is 2.92. The smallest absolute Gasteiger partial charge is 0.157 e. The van der Waals surface area contributed by atoms with Crippen LogP contribution in [0.25, 0.3) is 16.9 Å². The average Bonchev–Trinajstić information content (AvgIpc) is 3.33. The minimum absolute atomic E-state index is 0.208. The van der Waals surface area contributed by atoms with Crippen molar-refractivity contribution in [3.8, 4) is 11.3 Å². The number of rotatable bonds is 6. The number of aromatic nitrogens is 5. The molecule has 0 radical (unpaired) electrons. The minimum Gasteiger partial charge on any atom is -0.365 e. The van der Waals surface area contributed by atoms with E-state index in [0.29, 0.717) is 0 Å². The van der Waals surface area contributed by atoms with Crippen LogP contribution in [0.15, 0.2) is 61.3 Å². The predicted molar refractivity (Wildman–Crippen MR) is 98.3 cm³/mol. The zero-order valence-corrected chi connectivity index (χ0v) is 14.4. The molecule has 3 heterocycles. The summed E-state index contributed by atoms with van der Waals surface area (Å²) >= 11 is 0. The van der Waals surface area contributed by atoms with Crippen LogP contribution in [0, 0.1) is 5.82 Å². The number of imidazole rings is 1. The minimum atomic E-state index is -0.260. The second-order valence-electron chi connectivity index (χ2n) is 6.14. The summed E-state index contributed by atoms with van der Waals surface area (Å²) in [5, 5.41) is 7.92. The summed E-state index contributed by atoms with van der Waals surface area (Å²) in [7, 11) is 0. The maximum Gasteiger partial charge on any atom is 0.157 e. The normalized spacial score (nSPS) is 12.4. The molecule has 1 N–H and O–H groups in total. The highest BCUT2D eigenvalue weighted by molar-refractivity contribution is 5.66. The van der Waals surface area contributed by atoms with Gasteiger partial charge in [0, 0.05) is 42.7 Å². The number of nitrogens with zero attached hydrogens (tertiary/aromatic N) is 5. The third kappa shape index (κ3) is 3.28. The van der Waals surface area contributed by atoms with E-state index in [1.807, 2.05) is 29.2 Å². The SMILES string of the molecule is CC[C@@H](Cn1ccnc1)Nc1cc(-c2ccc(F)cc2)nc2ccnn12. The molecule has 0 aliphatic rings. The number of anilines is 1. The molecule has 0 fully saturated rings. The van der Waals surface area contributed by atoms with Crippen molar-refractivity contribution in [1.29, 1.82) is 0 Å². The number of benzene rings is 1. The molecule has 1 atom stereocenters. The summed E-state index contributed by atoms with van der Waals surface area (Å²) in [5.74, 6) is 0.593. The van der Waals surface area contributed by atoms with Gasteiger partial charge in [0.2, 0.25) is 0 Å². The van der Waals surface area contributed by atoms with Crippen LogP contribution in [0.2, 0.25) is 0 Å². The lowest BCUT2D eigenvalue weighted by Gasteiger charge is -2.20. The van der Waals surface area contributed by atoms with Crippen LogP contribution in [0.1, 0.15) is 13.3 Å². The number of hydrogen-bond donors (Lipinski definition) is 1. The van der Waals surface area contributed by atoms with E-state index in [1.54, 1.807) is 29.0 Å². The topological polar surface area (TPSA) is 60.0 Å². The largest absolute Gasteiger partial charge is 0.365 e. The van der Waals surface area contributed by atoms with Crippen LogP contribution in [0.4, 0.5) is 10.2 Å². The molecule has 6 nitrogen and oxygen atoms in total. The van der Waals surface area contributed by atoms with Gasteiger partial charge in [-0.1, -0.05) is 6.92 Å². The lowest BCUT2D eigenvalue weighted by atomic mass is 10.1. The highest BCUT2D eigenvalue weighted by Gasteiger charge is 2.13. The van der Waals surface area contributed by atoms with Crippen LogP contribution < -0.4 is 5.32 Å². The third-order valence-corrected chi connectivity index (χ3v) is 4.33. The summed E-state index contributed by atoms with van der Waals surface area (Å²) < 4.78 is 17.1. The number of hydrogen-bond acceptors (Lipinski definition) is 4. The van der Waals surface area contributed by atoms with Crippen molar-refractivity contribution in [2.45, 2.75) is 25.9 Å². The Bertz CT molecular complexity index is 991. The first-order valence-corrected chi connectivity index (χ1v) is 8.56. The number of nitrogens with one attached hydrogen (secondary N) is 1. The second kappa shape index (κ2) is 6.95. The molecule has 0 aliphatic heterocycles. The molecular formula is C19H19FN6. The van der Waals surface area contributed by atoms with Gasteiger partial charge in [-0.15, -0.1) is 0 Å². The molecule has 0 saturated heterocycles. The Morgan fingerprint density at radius 2 is 2.00 bits per heavy atom. The Hall–Kier alpha value is -3.22. The first kappa shape index (κ1) is 16.3. The standard InChI is InChI=1S/C19H19FN6/c1-2-16(12-25-10-9-21-13-25)23-19-11-17(14-3-5-15(20)6-4-14)24-18-7-8-22-26(18)19/h3-11,13,16,23H,2,12H2,1H3/t16-/m0/s1. The number of fused-ring (bicyclic) bond motifs is 1. The van der Waals surface area contributed by atoms with Gasteiger partial charge in [-0.2, -0.15) is 9.61 Å². The zero-order valence-electron chi connectivity index (χ0n) is 14.4. The van der Waals surface area contributed by atoms with Gasteiger partial charge in [0.05, 0.1) is 18.2 Å². The third-order valence-electron chi connectivity index (χ3n) is 4.33. The molecule has 7 heteroatoms. The van der Waals surface area contributed by atoms with E-state index < -0.39 is 0 Å². The Kier molecular flexibility index (Phi) is 4.35. The van der Waals surface area contributed by atoms with E-state index in [4.69, 9.17) is 0 Å². The molecule has 0 bridgehead atoms. The molecule has 0 spiro atoms. The maximum absolute atomic E-state index is 13.2. The van der Waals surface area contributed by atoms with Gasteiger partial charge < -0.3 is 9.88 Å². The van der Waals surface area contributed by atoms with Crippen molar-refractivity contribution < 1.29 is 4.39 Å². The monoisotopic (exact) mass is 350 g/mol. The van der Waals surface area contributed by atoms with Crippen LogP contribution in [-0.2, 0) is 6.54 Å². The summed E-state index contributed by atoms with van der Waals surface area (Å²) in [4.78, 5) is 8.72. The van der Waals surface area contributed by atoms with Crippen molar-refractivity contribution in [3.05, 3.63) is 67.1 Å². The lowest BCUT2D eigenvalue weighted by molar-refractivity contribution is 0.565. The summed E-state index contributed by atoms with van der Waals surface area (Å²) in [5.41, 5.74) is 2.38. The van der Waals surface area contributed by atoms with Gasteiger partial charge in [-0.25, -0.2) is 14.4 Å². The molecule has 4 rings (SSSR count). The highest BCUT2D eigenvalue weighted by Crippen LogP contribution is 2.23. The van der Waals surface area contributed by atoms with E-state index in [0.717, 1.165) is 35.7 Å². The molecule has 0 unspecified atom stereocenters. The van der Waals surface area contributed by atoms with E-state index in [-0.39, 0.29) is 11.9 Å². The van der Waals surface area contributed by atoms with Crippen molar-refractivity contribution in [3.63, 3.8) is 0 Å². The van der Waals surface area contributed by atoms with Gasteiger partial charge >= 0.3 is 0 Å². The summed E-state index contributed by atoms with van der Waals surface area (Å²) in [6, 6.07) is 10.4. The maximum atomic E-state index is 13.2. The van der Waals surface area contributed by atoms with Crippen molar-refractivity contribution >= 4 is 11.5 Å². The molecule has 4 aromatic rings. The molecular weight excluding hydrogens is 331 g/mol. The highest BCUT2D eigenvalue weighted by atomic mass is 19.1. The van der Waals surface area contributed by atoms with Crippen molar-refractivity contribution in [2.24, 2.45) is 0 Å². The second-order valence-corrected chi connectivity index (χ2v) is 6.14. The lowest BCUT2D eigenvalue weighted by Crippen LogP contribution is -2.25. The Labute approximate surface area is 150 Å². The van der Waals surface area contributed by atoms with Crippen LogP contribution in [0.3, 0.4) is 0 Å². The molecule has 0 aliphatic carbocycles. The van der Waals surface area contributed by atoms with Gasteiger partial charge in [-0.3, -0.25) is 0 Å². The van der Waals surface area contributed by atoms with Gasteiger partial charge in [0.15, 0.2) is 5.65 Å². The van der Waals surface area contributed by atoms with Gasteiger partial charge in [0.1, 0.15) is 11.6 Å². The van der Waals surface area contributed by atoms with Crippen LogP contribution >= 0.6 is 0 Å². The fourth-order valence-corrected chi connectivity index (χ4v) is 2.92. The molecule has 0 amide bonds. The van der Waals surface area contributed by atoms with E-state index >= 15 is 0 Å². The van der Waals surface area contributed by atoms with Crippen molar-refractivity contribution in [1.82, 2.24) is 24.1 Å². The summed E-state index contributed by atoms with van der Waals surface area (Å²) in [6.07, 6.45) is 8.19. The van der Waals surface area contributed by atoms with E-state index in [2.05, 4.69) is 27.3 Å². The average molecular weight is 350 g/mol. The van der Waals surface area contributed by atoms with E-state index in [1.165, 1.54) is 12.1 Å². The van der Waals surface area contributed by atoms with Gasteiger partial charge in [-0.05, 0) is 30.7 Å². The Morgan fingerprint density at radius 1 is 1.15 bits per heavy atom.